The monoisotopic (exact) mass is 326 g/mol. The van der Waals surface area contributed by atoms with Gasteiger partial charge in [-0.3, -0.25) is 0 Å². The summed E-state index contributed by atoms with van der Waals surface area (Å²) >= 11 is 3.59. The molecule has 2 nitrogen and oxygen atoms in total. The molecule has 0 saturated heterocycles. The lowest BCUT2D eigenvalue weighted by Crippen LogP contribution is -2.34. The molecule has 1 rings (SSSR count). The minimum Gasteiger partial charge on any atom is -0.369 e. The lowest BCUT2D eigenvalue weighted by atomic mass is 10.0. The van der Waals surface area contributed by atoms with Gasteiger partial charge in [-0.2, -0.15) is 0 Å². The van der Waals surface area contributed by atoms with Crippen molar-refractivity contribution < 1.29 is 0 Å². The molecule has 0 radical (unpaired) electrons. The number of rotatable bonds is 7. The maximum atomic E-state index is 6.13. The van der Waals surface area contributed by atoms with Crippen molar-refractivity contribution in [1.29, 1.82) is 0 Å². The maximum Gasteiger partial charge on any atom is 0.0412 e. The zero-order valence-electron chi connectivity index (χ0n) is 12.6. The van der Waals surface area contributed by atoms with Crippen LogP contribution < -0.4 is 10.6 Å². The molecule has 2 unspecified atom stereocenters. The van der Waals surface area contributed by atoms with E-state index >= 15 is 0 Å². The quantitative estimate of drug-likeness (QED) is 0.806. The van der Waals surface area contributed by atoms with Gasteiger partial charge in [0.15, 0.2) is 0 Å². The highest BCUT2D eigenvalue weighted by Gasteiger charge is 2.16. The smallest absolute Gasteiger partial charge is 0.0412 e. The van der Waals surface area contributed by atoms with E-state index in [0.29, 0.717) is 6.04 Å². The van der Waals surface area contributed by atoms with Gasteiger partial charge in [0.1, 0.15) is 0 Å². The summed E-state index contributed by atoms with van der Waals surface area (Å²) in [7, 11) is 0. The number of benzene rings is 1. The van der Waals surface area contributed by atoms with E-state index in [0.717, 1.165) is 30.3 Å². The lowest BCUT2D eigenvalue weighted by Gasteiger charge is -2.32. The van der Waals surface area contributed by atoms with Crippen LogP contribution in [0.15, 0.2) is 22.7 Å². The van der Waals surface area contributed by atoms with Crippen LogP contribution in [0.1, 0.15) is 46.1 Å². The molecule has 0 saturated carbocycles. The van der Waals surface area contributed by atoms with Crippen LogP contribution in [-0.4, -0.2) is 18.6 Å². The van der Waals surface area contributed by atoms with Crippen LogP contribution in [0.3, 0.4) is 0 Å². The average molecular weight is 327 g/mol. The first-order valence-electron chi connectivity index (χ1n) is 7.34. The number of hydrogen-bond acceptors (Lipinski definition) is 2. The van der Waals surface area contributed by atoms with Gasteiger partial charge in [0.25, 0.3) is 0 Å². The summed E-state index contributed by atoms with van der Waals surface area (Å²) in [6.45, 7) is 9.92. The first-order chi connectivity index (χ1) is 9.03. The van der Waals surface area contributed by atoms with E-state index in [-0.39, 0.29) is 6.04 Å². The van der Waals surface area contributed by atoms with E-state index in [2.05, 4.69) is 66.7 Å². The third kappa shape index (κ3) is 4.50. The molecule has 19 heavy (non-hydrogen) atoms. The number of halogens is 1. The summed E-state index contributed by atoms with van der Waals surface area (Å²) in [5.41, 5.74) is 8.82. The molecule has 0 heterocycles. The summed E-state index contributed by atoms with van der Waals surface area (Å²) in [6.07, 6.45) is 3.12. The highest BCUT2D eigenvalue weighted by atomic mass is 79.9. The van der Waals surface area contributed by atoms with Crippen LogP contribution >= 0.6 is 15.9 Å². The predicted octanol–water partition coefficient (Wildman–Crippen LogP) is 4.35. The zero-order chi connectivity index (χ0) is 14.4. The zero-order valence-corrected chi connectivity index (χ0v) is 14.2. The second kappa shape index (κ2) is 7.91. The topological polar surface area (TPSA) is 29.3 Å². The first-order valence-corrected chi connectivity index (χ1v) is 8.13. The molecule has 0 amide bonds. The van der Waals surface area contributed by atoms with Crippen molar-refractivity contribution in [1.82, 2.24) is 0 Å². The summed E-state index contributed by atoms with van der Waals surface area (Å²) in [6, 6.07) is 7.35. The van der Waals surface area contributed by atoms with E-state index < -0.39 is 0 Å². The van der Waals surface area contributed by atoms with Gasteiger partial charge in [0.05, 0.1) is 0 Å². The lowest BCUT2D eigenvalue weighted by molar-refractivity contribution is 0.615. The molecule has 3 heteroatoms. The van der Waals surface area contributed by atoms with Crippen molar-refractivity contribution in [2.24, 2.45) is 5.73 Å². The number of nitrogens with two attached hydrogens (primary N) is 1. The van der Waals surface area contributed by atoms with Gasteiger partial charge in [-0.1, -0.05) is 35.8 Å². The van der Waals surface area contributed by atoms with Gasteiger partial charge in [-0.05, 0) is 50.8 Å². The molecule has 108 valence electrons. The Morgan fingerprint density at radius 1 is 1.21 bits per heavy atom. The highest BCUT2D eigenvalue weighted by Crippen LogP contribution is 2.28. The standard InChI is InChI=1S/C16H27BrN2/c1-5-12(4)19(7-3)16-11-14(17)9-8-13(16)10-15(18)6-2/h8-9,11-12,15H,5-7,10,18H2,1-4H3. The van der Waals surface area contributed by atoms with Gasteiger partial charge >= 0.3 is 0 Å². The first kappa shape index (κ1) is 16.5. The third-order valence-electron chi connectivity index (χ3n) is 3.83. The maximum absolute atomic E-state index is 6.13. The van der Waals surface area contributed by atoms with Gasteiger partial charge in [-0.25, -0.2) is 0 Å². The summed E-state index contributed by atoms with van der Waals surface area (Å²) in [5, 5.41) is 0. The van der Waals surface area contributed by atoms with E-state index in [1.807, 2.05) is 0 Å². The van der Waals surface area contributed by atoms with E-state index in [9.17, 15) is 0 Å². The van der Waals surface area contributed by atoms with Gasteiger partial charge in [-0.15, -0.1) is 0 Å². The van der Waals surface area contributed by atoms with Gasteiger partial charge in [0.2, 0.25) is 0 Å². The van der Waals surface area contributed by atoms with E-state index in [4.69, 9.17) is 5.73 Å². The molecular weight excluding hydrogens is 300 g/mol. The number of hydrogen-bond donors (Lipinski definition) is 1. The van der Waals surface area contributed by atoms with Crippen molar-refractivity contribution in [2.45, 2.75) is 59.0 Å². The van der Waals surface area contributed by atoms with E-state index in [1.165, 1.54) is 11.3 Å². The third-order valence-corrected chi connectivity index (χ3v) is 4.32. The van der Waals surface area contributed by atoms with Crippen molar-refractivity contribution in [2.75, 3.05) is 11.4 Å². The molecule has 0 spiro atoms. The molecule has 0 aliphatic carbocycles. The molecule has 1 aromatic carbocycles. The van der Waals surface area contributed by atoms with Crippen LogP contribution in [0.5, 0.6) is 0 Å². The Kier molecular flexibility index (Phi) is 6.87. The Morgan fingerprint density at radius 3 is 2.42 bits per heavy atom. The Morgan fingerprint density at radius 2 is 1.89 bits per heavy atom. The summed E-state index contributed by atoms with van der Waals surface area (Å²) in [5.74, 6) is 0. The number of anilines is 1. The Balaban J connectivity index is 3.11. The molecule has 1 aromatic rings. The molecule has 0 aliphatic heterocycles. The van der Waals surface area contributed by atoms with Crippen LogP contribution in [0.2, 0.25) is 0 Å². The molecule has 0 bridgehead atoms. The fourth-order valence-electron chi connectivity index (χ4n) is 2.34. The van der Waals surface area contributed by atoms with Crippen molar-refractivity contribution in [3.05, 3.63) is 28.2 Å². The van der Waals surface area contributed by atoms with E-state index in [1.54, 1.807) is 0 Å². The molecule has 2 atom stereocenters. The molecule has 0 aliphatic rings. The highest BCUT2D eigenvalue weighted by molar-refractivity contribution is 9.10. The van der Waals surface area contributed by atoms with Gasteiger partial charge in [0, 0.05) is 28.8 Å². The fraction of sp³-hybridized carbons (Fsp3) is 0.625. The second-order valence-corrected chi connectivity index (χ2v) is 6.10. The number of nitrogens with zero attached hydrogens (tertiary/aromatic N) is 1. The normalized spacial score (nSPS) is 14.2. The Hall–Kier alpha value is -0.540. The second-order valence-electron chi connectivity index (χ2n) is 5.19. The summed E-state index contributed by atoms with van der Waals surface area (Å²) < 4.78 is 1.14. The average Bonchev–Trinajstić information content (AvgIpc) is 2.41. The minimum absolute atomic E-state index is 0.246. The Bertz CT molecular complexity index is 392. The molecular formula is C16H27BrN2. The van der Waals surface area contributed by atoms with Crippen molar-refractivity contribution in [3.8, 4) is 0 Å². The molecule has 2 N–H and O–H groups in total. The molecule has 0 fully saturated rings. The minimum atomic E-state index is 0.246. The Labute approximate surface area is 126 Å². The van der Waals surface area contributed by atoms with Crippen LogP contribution in [0.25, 0.3) is 0 Å². The largest absolute Gasteiger partial charge is 0.369 e. The predicted molar refractivity (Wildman–Crippen MR) is 88.9 cm³/mol. The van der Waals surface area contributed by atoms with Crippen molar-refractivity contribution >= 4 is 21.6 Å². The van der Waals surface area contributed by atoms with Gasteiger partial charge < -0.3 is 10.6 Å². The fourth-order valence-corrected chi connectivity index (χ4v) is 2.69. The van der Waals surface area contributed by atoms with Crippen molar-refractivity contribution in [3.63, 3.8) is 0 Å². The van der Waals surface area contributed by atoms with Crippen LogP contribution in [-0.2, 0) is 6.42 Å². The summed E-state index contributed by atoms with van der Waals surface area (Å²) in [4.78, 5) is 2.47. The van der Waals surface area contributed by atoms with Crippen LogP contribution in [0, 0.1) is 0 Å². The van der Waals surface area contributed by atoms with Crippen LogP contribution in [0.4, 0.5) is 5.69 Å². The molecule has 0 aromatic heterocycles. The SMILES string of the molecule is CCC(N)Cc1ccc(Br)cc1N(CC)C(C)CC.